The molecule has 260 valence electrons. The summed E-state index contributed by atoms with van der Waals surface area (Å²) in [6.07, 6.45) is -0.340. The van der Waals surface area contributed by atoms with Crippen LogP contribution in [0.1, 0.15) is 48.4 Å². The second-order valence-electron chi connectivity index (χ2n) is 12.9. The molecule has 0 saturated carbocycles. The largest absolute Gasteiger partial charge is 0.449 e. The van der Waals surface area contributed by atoms with Gasteiger partial charge in [0.1, 0.15) is 24.7 Å². The first kappa shape index (κ1) is 35.8. The molecule has 0 aromatic heterocycles. The van der Waals surface area contributed by atoms with Crippen LogP contribution in [0.25, 0.3) is 11.1 Å². The summed E-state index contributed by atoms with van der Waals surface area (Å²) in [5.74, 6) is -1.88. The van der Waals surface area contributed by atoms with Gasteiger partial charge in [-0.25, -0.2) is 4.79 Å². The third-order valence-electron chi connectivity index (χ3n) is 8.70. The normalized spacial score (nSPS) is 13.7. The second-order valence-corrected chi connectivity index (χ2v) is 12.9. The minimum atomic E-state index is -1.37. The summed E-state index contributed by atoms with van der Waals surface area (Å²) in [6.45, 7) is 3.48. The number of hydrogen-bond donors (Lipinski definition) is 5. The Balaban J connectivity index is 1.23. The van der Waals surface area contributed by atoms with Gasteiger partial charge in [0.15, 0.2) is 0 Å². The zero-order chi connectivity index (χ0) is 35.5. The average Bonchev–Trinajstić information content (AvgIpc) is 3.45. The number of carbonyl (C=O) groups excluding carboxylic acids is 4. The van der Waals surface area contributed by atoms with E-state index in [0.29, 0.717) is 6.42 Å². The zero-order valence-electron chi connectivity index (χ0n) is 28.3. The van der Waals surface area contributed by atoms with Crippen molar-refractivity contribution in [2.75, 3.05) is 13.2 Å². The topological polar surface area (TPSA) is 146 Å². The summed E-state index contributed by atoms with van der Waals surface area (Å²) in [7, 11) is 0. The van der Waals surface area contributed by atoms with Gasteiger partial charge in [-0.3, -0.25) is 14.4 Å². The van der Waals surface area contributed by atoms with Crippen LogP contribution >= 0.6 is 0 Å². The minimum absolute atomic E-state index is 0.0603. The summed E-state index contributed by atoms with van der Waals surface area (Å²) >= 11 is 0. The quantitative estimate of drug-likeness (QED) is 0.126. The van der Waals surface area contributed by atoms with Crippen LogP contribution in [-0.2, 0) is 32.1 Å². The number of ether oxygens (including phenoxy) is 1. The van der Waals surface area contributed by atoms with E-state index in [-0.39, 0.29) is 37.3 Å². The van der Waals surface area contributed by atoms with Crippen molar-refractivity contribution in [1.29, 1.82) is 0 Å². The van der Waals surface area contributed by atoms with Crippen LogP contribution in [-0.4, -0.2) is 60.3 Å². The van der Waals surface area contributed by atoms with Gasteiger partial charge in [0, 0.05) is 18.9 Å². The van der Waals surface area contributed by atoms with E-state index in [1.165, 1.54) is 0 Å². The SMILES string of the molecule is CC(C)C[C@H](NC(=O)[C@H](CO)NC(=O)[C@H](Cc1ccccc1)NC(=O)OCC1c2ccccc2-c2ccccc21)C(=O)NCc1ccccc1. The maximum Gasteiger partial charge on any atom is 0.407 e. The first-order valence-corrected chi connectivity index (χ1v) is 16.9. The molecule has 0 aliphatic heterocycles. The van der Waals surface area contributed by atoms with Gasteiger partial charge in [-0.2, -0.15) is 0 Å². The Kier molecular flexibility index (Phi) is 12.4. The van der Waals surface area contributed by atoms with Gasteiger partial charge >= 0.3 is 6.09 Å². The minimum Gasteiger partial charge on any atom is -0.449 e. The Labute approximate surface area is 292 Å². The van der Waals surface area contributed by atoms with Gasteiger partial charge in [-0.05, 0) is 45.7 Å². The fourth-order valence-corrected chi connectivity index (χ4v) is 6.19. The van der Waals surface area contributed by atoms with E-state index in [1.807, 2.05) is 123 Å². The van der Waals surface area contributed by atoms with E-state index in [4.69, 9.17) is 4.74 Å². The molecule has 1 aliphatic carbocycles. The lowest BCUT2D eigenvalue weighted by Gasteiger charge is -2.25. The Hall–Kier alpha value is -5.48. The molecular weight excluding hydrogens is 632 g/mol. The average molecular weight is 677 g/mol. The van der Waals surface area contributed by atoms with Crippen LogP contribution in [0.3, 0.4) is 0 Å². The number of aliphatic hydroxyl groups excluding tert-OH is 1. The molecule has 0 heterocycles. The van der Waals surface area contributed by atoms with Gasteiger partial charge in [0.25, 0.3) is 0 Å². The highest BCUT2D eigenvalue weighted by molar-refractivity contribution is 5.94. The number of fused-ring (bicyclic) bond motifs is 3. The Morgan fingerprint density at radius 2 is 1.16 bits per heavy atom. The number of hydrogen-bond acceptors (Lipinski definition) is 6. The van der Waals surface area contributed by atoms with Gasteiger partial charge in [-0.1, -0.05) is 123 Å². The fourth-order valence-electron chi connectivity index (χ4n) is 6.19. The van der Waals surface area contributed by atoms with E-state index < -0.39 is 42.6 Å². The van der Waals surface area contributed by atoms with E-state index in [9.17, 15) is 24.3 Å². The molecule has 5 rings (SSSR count). The maximum absolute atomic E-state index is 13.6. The summed E-state index contributed by atoms with van der Waals surface area (Å²) in [6, 6.07) is 31.1. The molecule has 4 aromatic carbocycles. The molecule has 3 atom stereocenters. The lowest BCUT2D eigenvalue weighted by molar-refractivity contribution is -0.133. The Bertz CT molecular complexity index is 1720. The Morgan fingerprint density at radius 1 is 0.640 bits per heavy atom. The van der Waals surface area contributed by atoms with Gasteiger partial charge in [0.2, 0.25) is 17.7 Å². The van der Waals surface area contributed by atoms with Crippen molar-refractivity contribution in [3.63, 3.8) is 0 Å². The predicted molar refractivity (Wildman–Crippen MR) is 191 cm³/mol. The monoisotopic (exact) mass is 676 g/mol. The summed E-state index contributed by atoms with van der Waals surface area (Å²) in [4.78, 5) is 53.3. The first-order chi connectivity index (χ1) is 24.2. The summed E-state index contributed by atoms with van der Waals surface area (Å²) in [5.41, 5.74) is 5.97. The van der Waals surface area contributed by atoms with Crippen molar-refractivity contribution in [3.05, 3.63) is 131 Å². The van der Waals surface area contributed by atoms with E-state index in [1.54, 1.807) is 0 Å². The molecule has 10 heteroatoms. The highest BCUT2D eigenvalue weighted by Crippen LogP contribution is 2.44. The molecule has 50 heavy (non-hydrogen) atoms. The van der Waals surface area contributed by atoms with E-state index in [2.05, 4.69) is 21.3 Å². The first-order valence-electron chi connectivity index (χ1n) is 16.9. The Morgan fingerprint density at radius 3 is 1.74 bits per heavy atom. The fraction of sp³-hybridized carbons (Fsp3) is 0.300. The van der Waals surface area contributed by atoms with Crippen LogP contribution in [0.2, 0.25) is 0 Å². The number of carbonyl (C=O) groups is 4. The van der Waals surface area contributed by atoms with Crippen molar-refractivity contribution < 1.29 is 29.0 Å². The lowest BCUT2D eigenvalue weighted by Crippen LogP contribution is -2.58. The highest BCUT2D eigenvalue weighted by atomic mass is 16.5. The molecule has 10 nitrogen and oxygen atoms in total. The lowest BCUT2D eigenvalue weighted by atomic mass is 9.98. The molecule has 4 aromatic rings. The zero-order valence-corrected chi connectivity index (χ0v) is 28.3. The molecule has 4 amide bonds. The molecule has 0 bridgehead atoms. The number of benzene rings is 4. The number of rotatable bonds is 15. The van der Waals surface area contributed by atoms with Crippen LogP contribution in [0.15, 0.2) is 109 Å². The van der Waals surface area contributed by atoms with Crippen molar-refractivity contribution in [2.45, 2.75) is 57.3 Å². The highest BCUT2D eigenvalue weighted by Gasteiger charge is 2.32. The number of alkyl carbamates (subject to hydrolysis) is 1. The van der Waals surface area contributed by atoms with Crippen molar-refractivity contribution >= 4 is 23.8 Å². The third kappa shape index (κ3) is 9.35. The van der Waals surface area contributed by atoms with Gasteiger partial charge in [0.05, 0.1) is 6.61 Å². The van der Waals surface area contributed by atoms with E-state index in [0.717, 1.165) is 33.4 Å². The van der Waals surface area contributed by atoms with Crippen molar-refractivity contribution in [1.82, 2.24) is 21.3 Å². The van der Waals surface area contributed by atoms with Crippen molar-refractivity contribution in [2.24, 2.45) is 5.92 Å². The van der Waals surface area contributed by atoms with Crippen LogP contribution in [0.5, 0.6) is 0 Å². The smallest absolute Gasteiger partial charge is 0.407 e. The maximum atomic E-state index is 13.6. The van der Waals surface area contributed by atoms with E-state index >= 15 is 0 Å². The molecule has 0 fully saturated rings. The van der Waals surface area contributed by atoms with Crippen molar-refractivity contribution in [3.8, 4) is 11.1 Å². The van der Waals surface area contributed by atoms with Crippen LogP contribution < -0.4 is 21.3 Å². The van der Waals surface area contributed by atoms with Gasteiger partial charge < -0.3 is 31.1 Å². The molecule has 0 unspecified atom stereocenters. The van der Waals surface area contributed by atoms with Crippen LogP contribution in [0.4, 0.5) is 4.79 Å². The molecule has 0 saturated heterocycles. The third-order valence-corrected chi connectivity index (χ3v) is 8.70. The summed E-state index contributed by atoms with van der Waals surface area (Å²) in [5, 5.41) is 21.0. The second kappa shape index (κ2) is 17.3. The number of amides is 4. The predicted octanol–water partition coefficient (Wildman–Crippen LogP) is 4.46. The molecule has 0 radical (unpaired) electrons. The number of aliphatic hydroxyl groups is 1. The number of nitrogens with one attached hydrogen (secondary N) is 4. The molecular formula is C40H44N4O6. The summed E-state index contributed by atoms with van der Waals surface area (Å²) < 4.78 is 5.70. The molecule has 0 spiro atoms. The molecule has 5 N–H and O–H groups in total. The standard InChI is InChI=1S/C40H44N4O6/c1-26(2)21-34(37(46)41-23-28-15-7-4-8-16-28)42-39(48)36(24-45)43-38(47)35(22-27-13-5-3-6-14-27)44-40(49)50-25-33-31-19-11-9-17-29(31)30-18-10-12-20-32(30)33/h3-20,26,33-36,45H,21-25H2,1-2H3,(H,41,46)(H,42,48)(H,43,47)(H,44,49)/t34-,35-,36-/m0/s1. The van der Waals surface area contributed by atoms with Crippen LogP contribution in [0, 0.1) is 5.92 Å². The molecule has 1 aliphatic rings. The van der Waals surface area contributed by atoms with Gasteiger partial charge in [-0.15, -0.1) is 0 Å².